The fourth-order valence-electron chi connectivity index (χ4n) is 2.00. The van der Waals surface area contributed by atoms with Crippen LogP contribution in [0.3, 0.4) is 0 Å². The van der Waals surface area contributed by atoms with E-state index in [9.17, 15) is 4.79 Å². The summed E-state index contributed by atoms with van der Waals surface area (Å²) in [5.74, 6) is -0.789. The highest BCUT2D eigenvalue weighted by Crippen LogP contribution is 2.25. The first-order valence-corrected chi connectivity index (χ1v) is 7.32. The van der Waals surface area contributed by atoms with Gasteiger partial charge < -0.3 is 5.11 Å². The molecule has 1 N–H and O–H groups in total. The smallest absolute Gasteiger partial charge is 0.303 e. The maximum absolute atomic E-state index is 10.7. The van der Waals surface area contributed by atoms with Crippen LogP contribution in [0.1, 0.15) is 12.1 Å². The van der Waals surface area contributed by atoms with Crippen molar-refractivity contribution in [3.63, 3.8) is 0 Å². The lowest BCUT2D eigenvalue weighted by Crippen LogP contribution is -1.99. The van der Waals surface area contributed by atoms with Crippen LogP contribution in [0.2, 0.25) is 5.02 Å². The van der Waals surface area contributed by atoms with Gasteiger partial charge in [0.25, 0.3) is 0 Å². The van der Waals surface area contributed by atoms with Crippen LogP contribution in [0.25, 0.3) is 16.2 Å². The molecule has 4 nitrogen and oxygen atoms in total. The Hall–Kier alpha value is -1.85. The predicted octanol–water partition coefficient (Wildman–Crippen LogP) is 3.73. The average Bonchev–Trinajstić information content (AvgIpc) is 2.97. The second-order valence-electron chi connectivity index (χ2n) is 4.41. The number of rotatable bonds is 4. The average molecular weight is 307 g/mol. The Labute approximate surface area is 124 Å². The Bertz CT molecular complexity index is 761. The Morgan fingerprint density at radius 2 is 2.10 bits per heavy atom. The van der Waals surface area contributed by atoms with Crippen LogP contribution in [0.4, 0.5) is 0 Å². The Morgan fingerprint density at radius 3 is 2.80 bits per heavy atom. The third-order valence-corrected chi connectivity index (χ3v) is 4.16. The third kappa shape index (κ3) is 2.55. The lowest BCUT2D eigenvalue weighted by molar-refractivity contribution is -0.136. The summed E-state index contributed by atoms with van der Waals surface area (Å²) in [5, 5.41) is 11.4. The van der Waals surface area contributed by atoms with Gasteiger partial charge in [-0.2, -0.15) is 0 Å². The summed E-state index contributed by atoms with van der Waals surface area (Å²) in [6, 6.07) is 7.50. The second-order valence-corrected chi connectivity index (χ2v) is 5.68. The molecule has 0 aliphatic heterocycles. The van der Waals surface area contributed by atoms with Gasteiger partial charge in [0.05, 0.1) is 12.1 Å². The van der Waals surface area contributed by atoms with E-state index < -0.39 is 5.97 Å². The van der Waals surface area contributed by atoms with Crippen LogP contribution < -0.4 is 0 Å². The van der Waals surface area contributed by atoms with E-state index in [0.717, 1.165) is 21.9 Å². The number of carboxylic acids is 1. The van der Waals surface area contributed by atoms with E-state index in [2.05, 4.69) is 4.98 Å². The normalized spacial score (nSPS) is 11.1. The van der Waals surface area contributed by atoms with Gasteiger partial charge in [-0.3, -0.25) is 9.20 Å². The van der Waals surface area contributed by atoms with Crippen LogP contribution in [-0.4, -0.2) is 20.5 Å². The number of carbonyl (C=O) groups is 1. The van der Waals surface area contributed by atoms with E-state index in [0.29, 0.717) is 11.4 Å². The summed E-state index contributed by atoms with van der Waals surface area (Å²) in [4.78, 5) is 16.1. The summed E-state index contributed by atoms with van der Waals surface area (Å²) in [5.41, 5.74) is 2.83. The molecule has 0 aliphatic rings. The van der Waals surface area contributed by atoms with Crippen LogP contribution >= 0.6 is 22.9 Å². The molecule has 0 bridgehead atoms. The number of aliphatic carboxylic acids is 1. The molecule has 0 spiro atoms. The molecule has 0 radical (unpaired) electrons. The summed E-state index contributed by atoms with van der Waals surface area (Å²) in [7, 11) is 0. The van der Waals surface area contributed by atoms with Crippen LogP contribution in [0, 0.1) is 0 Å². The number of nitrogens with zero attached hydrogens (tertiary/aromatic N) is 2. The minimum absolute atomic E-state index is 0.125. The fourth-order valence-corrected chi connectivity index (χ4v) is 3.04. The van der Waals surface area contributed by atoms with Crippen molar-refractivity contribution in [3.8, 4) is 11.3 Å². The van der Waals surface area contributed by atoms with Crippen molar-refractivity contribution < 1.29 is 9.90 Å². The molecule has 6 heteroatoms. The summed E-state index contributed by atoms with van der Waals surface area (Å²) in [6.07, 6.45) is 2.57. The number of benzene rings is 1. The number of halogens is 1. The Morgan fingerprint density at radius 1 is 1.35 bits per heavy atom. The first kappa shape index (κ1) is 13.1. The molecule has 0 saturated carbocycles. The lowest BCUT2D eigenvalue weighted by atomic mass is 10.2. The van der Waals surface area contributed by atoms with Crippen LogP contribution in [-0.2, 0) is 11.2 Å². The van der Waals surface area contributed by atoms with E-state index in [1.165, 1.54) is 11.3 Å². The van der Waals surface area contributed by atoms with Gasteiger partial charge in [0.1, 0.15) is 0 Å². The van der Waals surface area contributed by atoms with Crippen LogP contribution in [0.15, 0.2) is 35.8 Å². The zero-order valence-corrected chi connectivity index (χ0v) is 12.0. The van der Waals surface area contributed by atoms with Gasteiger partial charge >= 0.3 is 5.97 Å². The molecule has 0 unspecified atom stereocenters. The minimum Gasteiger partial charge on any atom is -0.481 e. The molecule has 1 aromatic carbocycles. The topological polar surface area (TPSA) is 54.6 Å². The van der Waals surface area contributed by atoms with Crippen molar-refractivity contribution in [2.24, 2.45) is 0 Å². The molecule has 0 amide bonds. The highest BCUT2D eigenvalue weighted by molar-refractivity contribution is 7.15. The minimum atomic E-state index is -0.789. The first-order valence-electron chi connectivity index (χ1n) is 6.06. The number of carboxylic acid groups (broad SMARTS) is 1. The van der Waals surface area contributed by atoms with E-state index in [-0.39, 0.29) is 6.42 Å². The third-order valence-electron chi connectivity index (χ3n) is 3.02. The number of fused-ring (bicyclic) bond motifs is 1. The van der Waals surface area contributed by atoms with Gasteiger partial charge in [-0.25, -0.2) is 4.98 Å². The molecule has 3 rings (SSSR count). The molecule has 3 aromatic rings. The van der Waals surface area contributed by atoms with Crippen molar-refractivity contribution in [1.82, 2.24) is 9.38 Å². The molecule has 0 atom stereocenters. The summed E-state index contributed by atoms with van der Waals surface area (Å²) >= 11 is 7.39. The standard InChI is InChI=1S/C14H11ClN2O2S/c15-10-3-1-9(2-4-10)12-7-17-11(5-6-13(18)19)8-20-14(17)16-12/h1-4,7-8H,5-6H2,(H,18,19). The maximum atomic E-state index is 10.7. The van der Waals surface area contributed by atoms with E-state index in [4.69, 9.17) is 16.7 Å². The van der Waals surface area contributed by atoms with Crippen molar-refractivity contribution in [2.45, 2.75) is 12.8 Å². The monoisotopic (exact) mass is 306 g/mol. The molecule has 2 heterocycles. The predicted molar refractivity (Wildman–Crippen MR) is 79.5 cm³/mol. The first-order chi connectivity index (χ1) is 9.63. The molecular weight excluding hydrogens is 296 g/mol. The van der Waals surface area contributed by atoms with Crippen molar-refractivity contribution in [2.75, 3.05) is 0 Å². The summed E-state index contributed by atoms with van der Waals surface area (Å²) < 4.78 is 1.96. The second kappa shape index (κ2) is 5.26. The number of aromatic nitrogens is 2. The molecular formula is C14H11ClN2O2S. The zero-order valence-electron chi connectivity index (χ0n) is 10.4. The number of hydrogen-bond acceptors (Lipinski definition) is 3. The summed E-state index contributed by atoms with van der Waals surface area (Å²) in [6.45, 7) is 0. The van der Waals surface area contributed by atoms with Gasteiger partial charge in [-0.05, 0) is 18.6 Å². The SMILES string of the molecule is O=C(O)CCc1csc2nc(-c3ccc(Cl)cc3)cn12. The number of thiazole rings is 1. The number of imidazole rings is 1. The largest absolute Gasteiger partial charge is 0.481 e. The van der Waals surface area contributed by atoms with E-state index >= 15 is 0 Å². The molecule has 0 fully saturated rings. The number of aryl methyl sites for hydroxylation is 1. The van der Waals surface area contributed by atoms with Crippen LogP contribution in [0.5, 0.6) is 0 Å². The van der Waals surface area contributed by atoms with Gasteiger partial charge in [0.2, 0.25) is 0 Å². The molecule has 20 heavy (non-hydrogen) atoms. The van der Waals surface area contributed by atoms with E-state index in [1.54, 1.807) is 0 Å². The highest BCUT2D eigenvalue weighted by Gasteiger charge is 2.10. The zero-order chi connectivity index (χ0) is 14.1. The van der Waals surface area contributed by atoms with Gasteiger partial charge in [-0.15, -0.1) is 11.3 Å². The van der Waals surface area contributed by atoms with Crippen molar-refractivity contribution in [1.29, 1.82) is 0 Å². The fraction of sp³-hybridized carbons (Fsp3) is 0.143. The molecule has 0 saturated heterocycles. The van der Waals surface area contributed by atoms with Crippen molar-refractivity contribution in [3.05, 3.63) is 46.6 Å². The van der Waals surface area contributed by atoms with E-state index in [1.807, 2.05) is 40.2 Å². The molecule has 0 aliphatic carbocycles. The van der Waals surface area contributed by atoms with Gasteiger partial charge in [0, 0.05) is 27.9 Å². The highest BCUT2D eigenvalue weighted by atomic mass is 35.5. The quantitative estimate of drug-likeness (QED) is 0.799. The lowest BCUT2D eigenvalue weighted by Gasteiger charge is -1.97. The number of hydrogen-bond donors (Lipinski definition) is 1. The van der Waals surface area contributed by atoms with Gasteiger partial charge in [-0.1, -0.05) is 23.7 Å². The van der Waals surface area contributed by atoms with Crippen molar-refractivity contribution >= 4 is 33.9 Å². The maximum Gasteiger partial charge on any atom is 0.303 e. The molecule has 2 aromatic heterocycles. The molecule has 102 valence electrons. The van der Waals surface area contributed by atoms with Gasteiger partial charge in [0.15, 0.2) is 4.96 Å². The Balaban J connectivity index is 1.94. The Kier molecular flexibility index (Phi) is 3.46.